The number of hydrogen-bond acceptors (Lipinski definition) is 2. The first-order chi connectivity index (χ1) is 13.6. The van der Waals surface area contributed by atoms with E-state index in [2.05, 4.69) is 65.5 Å². The lowest BCUT2D eigenvalue weighted by atomic mass is 9.92. The van der Waals surface area contributed by atoms with E-state index in [1.165, 1.54) is 10.9 Å². The maximum absolute atomic E-state index is 12.1. The van der Waals surface area contributed by atoms with E-state index in [0.717, 1.165) is 43.6 Å². The first-order valence-corrected chi connectivity index (χ1v) is 10.3. The van der Waals surface area contributed by atoms with Crippen molar-refractivity contribution < 1.29 is 4.79 Å². The number of benzene rings is 1. The van der Waals surface area contributed by atoms with Gasteiger partial charge in [0.05, 0.1) is 0 Å². The molecule has 1 unspecified atom stereocenters. The molecule has 1 atom stereocenters. The number of aromatic amines is 1. The Morgan fingerprint density at radius 1 is 1.43 bits per heavy atom. The van der Waals surface area contributed by atoms with E-state index in [0.29, 0.717) is 18.4 Å². The number of aromatic nitrogens is 1. The van der Waals surface area contributed by atoms with Crippen LogP contribution < -0.4 is 10.6 Å². The third-order valence-electron chi connectivity index (χ3n) is 5.10. The van der Waals surface area contributed by atoms with Gasteiger partial charge in [0.25, 0.3) is 0 Å². The maximum Gasteiger partial charge on any atom is 0.319 e. The minimum absolute atomic E-state index is 0.164. The SMILES string of the molecule is C=CCCCNC(=O)Nc1ccc2[nH]cc(C3C=CN(CC(C)C)CC3)c2c1. The highest BCUT2D eigenvalue weighted by Gasteiger charge is 2.19. The molecule has 0 saturated heterocycles. The number of H-pyrrole nitrogens is 1. The summed E-state index contributed by atoms with van der Waals surface area (Å²) in [6, 6.07) is 5.87. The first-order valence-electron chi connectivity index (χ1n) is 10.3. The fraction of sp³-hybridized carbons (Fsp3) is 0.435. The van der Waals surface area contributed by atoms with Crippen molar-refractivity contribution in [3.05, 3.63) is 54.9 Å². The lowest BCUT2D eigenvalue weighted by Crippen LogP contribution is -2.29. The van der Waals surface area contributed by atoms with E-state index >= 15 is 0 Å². The van der Waals surface area contributed by atoms with Crippen molar-refractivity contribution in [2.45, 2.75) is 39.0 Å². The molecule has 0 radical (unpaired) electrons. The van der Waals surface area contributed by atoms with Gasteiger partial charge in [0.1, 0.15) is 0 Å². The molecule has 1 aromatic heterocycles. The minimum atomic E-state index is -0.164. The van der Waals surface area contributed by atoms with E-state index in [4.69, 9.17) is 0 Å². The van der Waals surface area contributed by atoms with Gasteiger partial charge in [-0.25, -0.2) is 4.79 Å². The monoisotopic (exact) mass is 380 g/mol. The second kappa shape index (κ2) is 9.49. The fourth-order valence-electron chi connectivity index (χ4n) is 3.73. The average Bonchev–Trinajstić information content (AvgIpc) is 3.09. The van der Waals surface area contributed by atoms with Crippen LogP contribution in [0.3, 0.4) is 0 Å². The number of carbonyl (C=O) groups excluding carboxylic acids is 1. The Balaban J connectivity index is 1.67. The van der Waals surface area contributed by atoms with Crippen molar-refractivity contribution in [1.82, 2.24) is 15.2 Å². The summed E-state index contributed by atoms with van der Waals surface area (Å²) in [7, 11) is 0. The zero-order chi connectivity index (χ0) is 19.9. The normalized spacial score (nSPS) is 16.5. The van der Waals surface area contributed by atoms with Crippen LogP contribution in [0.5, 0.6) is 0 Å². The Morgan fingerprint density at radius 3 is 3.00 bits per heavy atom. The molecule has 0 saturated carbocycles. The molecule has 2 amide bonds. The number of hydrogen-bond donors (Lipinski definition) is 3. The largest absolute Gasteiger partial charge is 0.377 e. The summed E-state index contributed by atoms with van der Waals surface area (Å²) in [6.45, 7) is 11.0. The molecule has 5 nitrogen and oxygen atoms in total. The predicted octanol–water partition coefficient (Wildman–Crippen LogP) is 5.21. The Bertz CT molecular complexity index is 836. The molecule has 0 aliphatic carbocycles. The van der Waals surface area contributed by atoms with Crippen molar-refractivity contribution in [3.63, 3.8) is 0 Å². The second-order valence-electron chi connectivity index (χ2n) is 7.94. The Labute approximate surface area is 167 Å². The van der Waals surface area contributed by atoms with E-state index in [9.17, 15) is 4.79 Å². The van der Waals surface area contributed by atoms with Crippen LogP contribution in [-0.4, -0.2) is 35.5 Å². The van der Waals surface area contributed by atoms with Crippen LogP contribution in [0.15, 0.2) is 49.3 Å². The molecule has 0 fully saturated rings. The van der Waals surface area contributed by atoms with Crippen LogP contribution in [0.2, 0.25) is 0 Å². The molecule has 2 heterocycles. The van der Waals surface area contributed by atoms with Gasteiger partial charge in [-0.3, -0.25) is 0 Å². The van der Waals surface area contributed by atoms with E-state index in [-0.39, 0.29) is 6.03 Å². The molecule has 5 heteroatoms. The van der Waals surface area contributed by atoms with Crippen LogP contribution >= 0.6 is 0 Å². The maximum atomic E-state index is 12.1. The summed E-state index contributed by atoms with van der Waals surface area (Å²) >= 11 is 0. The van der Waals surface area contributed by atoms with Crippen LogP contribution in [0.1, 0.15) is 44.6 Å². The van der Waals surface area contributed by atoms with Gasteiger partial charge >= 0.3 is 6.03 Å². The fourth-order valence-corrected chi connectivity index (χ4v) is 3.73. The minimum Gasteiger partial charge on any atom is -0.377 e. The molecule has 3 N–H and O–H groups in total. The second-order valence-corrected chi connectivity index (χ2v) is 7.94. The molecule has 2 aromatic rings. The Morgan fingerprint density at radius 2 is 2.29 bits per heavy atom. The molecule has 28 heavy (non-hydrogen) atoms. The van der Waals surface area contributed by atoms with Crippen molar-refractivity contribution in [2.24, 2.45) is 5.92 Å². The van der Waals surface area contributed by atoms with Crippen molar-refractivity contribution in [2.75, 3.05) is 25.0 Å². The van der Waals surface area contributed by atoms with Gasteiger partial charge in [-0.2, -0.15) is 0 Å². The van der Waals surface area contributed by atoms with Gasteiger partial charge in [0, 0.05) is 48.3 Å². The summed E-state index contributed by atoms with van der Waals surface area (Å²) in [5.41, 5.74) is 3.21. The van der Waals surface area contributed by atoms with Crippen LogP contribution in [0.4, 0.5) is 10.5 Å². The van der Waals surface area contributed by atoms with Crippen LogP contribution in [0.25, 0.3) is 10.9 Å². The molecule has 3 rings (SSSR count). The summed E-state index contributed by atoms with van der Waals surface area (Å²) < 4.78 is 0. The predicted molar refractivity (Wildman–Crippen MR) is 118 cm³/mol. The number of nitrogens with one attached hydrogen (secondary N) is 3. The van der Waals surface area contributed by atoms with E-state index in [1.807, 2.05) is 18.2 Å². The Hall–Kier alpha value is -2.69. The van der Waals surface area contributed by atoms with Crippen LogP contribution in [0, 0.1) is 5.92 Å². The van der Waals surface area contributed by atoms with Gasteiger partial charge in [0.2, 0.25) is 0 Å². The lowest BCUT2D eigenvalue weighted by Gasteiger charge is -2.29. The number of carbonyl (C=O) groups is 1. The standard InChI is InChI=1S/C23H32N4O/c1-4-5-6-11-24-23(28)26-19-7-8-22-20(14-19)21(15-25-22)18-9-12-27(13-10-18)16-17(2)3/h4,7-9,12,14-15,17-18,25H,1,5-6,10-11,13,16H2,2-3H3,(H2,24,26,28). The number of anilines is 1. The van der Waals surface area contributed by atoms with Gasteiger partial charge in [-0.15, -0.1) is 6.58 Å². The molecule has 0 bridgehead atoms. The van der Waals surface area contributed by atoms with Gasteiger partial charge in [-0.05, 0) is 55.1 Å². The summed E-state index contributed by atoms with van der Waals surface area (Å²) in [6.07, 6.45) is 11.4. The highest BCUT2D eigenvalue weighted by Crippen LogP contribution is 2.32. The molecule has 1 aliphatic rings. The third-order valence-corrected chi connectivity index (χ3v) is 5.10. The third kappa shape index (κ3) is 5.18. The number of nitrogens with zero attached hydrogens (tertiary/aromatic N) is 1. The molecule has 1 aromatic carbocycles. The Kier molecular flexibility index (Phi) is 6.80. The summed E-state index contributed by atoms with van der Waals surface area (Å²) in [5.74, 6) is 1.07. The zero-order valence-corrected chi connectivity index (χ0v) is 17.0. The van der Waals surface area contributed by atoms with Gasteiger partial charge in [-0.1, -0.05) is 26.0 Å². The highest BCUT2D eigenvalue weighted by atomic mass is 16.2. The topological polar surface area (TPSA) is 60.2 Å². The lowest BCUT2D eigenvalue weighted by molar-refractivity contribution is 0.252. The van der Waals surface area contributed by atoms with Crippen LogP contribution in [-0.2, 0) is 0 Å². The number of allylic oxidation sites excluding steroid dienone is 2. The number of rotatable bonds is 8. The van der Waals surface area contributed by atoms with Crippen molar-refractivity contribution in [3.8, 4) is 0 Å². The van der Waals surface area contributed by atoms with Crippen molar-refractivity contribution in [1.29, 1.82) is 0 Å². The van der Waals surface area contributed by atoms with E-state index < -0.39 is 0 Å². The number of fused-ring (bicyclic) bond motifs is 1. The quantitative estimate of drug-likeness (QED) is 0.435. The highest BCUT2D eigenvalue weighted by molar-refractivity contribution is 5.94. The zero-order valence-electron chi connectivity index (χ0n) is 17.0. The summed E-state index contributed by atoms with van der Waals surface area (Å²) in [5, 5.41) is 7.00. The first kappa shape index (κ1) is 20.1. The molecule has 150 valence electrons. The van der Waals surface area contributed by atoms with Gasteiger partial charge < -0.3 is 20.5 Å². The molecular weight excluding hydrogens is 348 g/mol. The average molecular weight is 381 g/mol. The van der Waals surface area contributed by atoms with E-state index in [1.54, 1.807) is 0 Å². The molecular formula is C23H32N4O. The van der Waals surface area contributed by atoms with Gasteiger partial charge in [0.15, 0.2) is 0 Å². The molecule has 1 aliphatic heterocycles. The summed E-state index contributed by atoms with van der Waals surface area (Å²) in [4.78, 5) is 17.9. The number of amides is 2. The smallest absolute Gasteiger partial charge is 0.319 e. The number of urea groups is 1. The molecule has 0 spiro atoms. The number of unbranched alkanes of at least 4 members (excludes halogenated alkanes) is 1. The van der Waals surface area contributed by atoms with Crippen molar-refractivity contribution >= 4 is 22.6 Å².